The maximum Gasteiger partial charge on any atom is 0.0198 e. The van der Waals surface area contributed by atoms with Crippen LogP contribution in [0.1, 0.15) is 47.0 Å². The highest BCUT2D eigenvalue weighted by molar-refractivity contribution is 4.90. The molecule has 0 amide bonds. The number of hydrogen-bond donors (Lipinski definition) is 1. The number of hydrazine groups is 1. The molecular formula is C10H24N2. The molecule has 0 atom stereocenters. The van der Waals surface area contributed by atoms with Crippen LogP contribution in [-0.4, -0.2) is 18.1 Å². The van der Waals surface area contributed by atoms with E-state index < -0.39 is 0 Å². The molecule has 1 rings (SSSR count). The molecule has 2 nitrogen and oxygen atoms in total. The van der Waals surface area contributed by atoms with Crippen LogP contribution in [0.4, 0.5) is 0 Å². The Balaban J connectivity index is 0.000000561. The Labute approximate surface area is 77.1 Å². The highest BCUT2D eigenvalue weighted by atomic mass is 15.4. The molecule has 0 bridgehead atoms. The van der Waals surface area contributed by atoms with Crippen LogP contribution in [0.25, 0.3) is 0 Å². The summed E-state index contributed by atoms with van der Waals surface area (Å²) in [4.78, 5) is 0. The monoisotopic (exact) mass is 172 g/mol. The lowest BCUT2D eigenvalue weighted by atomic mass is 9.75. The van der Waals surface area contributed by atoms with E-state index in [0.717, 1.165) is 13.1 Å². The van der Waals surface area contributed by atoms with Gasteiger partial charge in [0.05, 0.1) is 0 Å². The highest BCUT2D eigenvalue weighted by Crippen LogP contribution is 2.36. The van der Waals surface area contributed by atoms with Gasteiger partial charge in [-0.1, -0.05) is 34.1 Å². The highest BCUT2D eigenvalue weighted by Gasteiger charge is 2.38. The lowest BCUT2D eigenvalue weighted by molar-refractivity contribution is -0.0107. The molecule has 0 aromatic rings. The van der Waals surface area contributed by atoms with E-state index in [2.05, 4.69) is 13.8 Å². The zero-order chi connectivity index (χ0) is 9.61. The minimum atomic E-state index is 0.587. The van der Waals surface area contributed by atoms with Gasteiger partial charge in [0.2, 0.25) is 0 Å². The van der Waals surface area contributed by atoms with Gasteiger partial charge in [-0.3, -0.25) is 5.84 Å². The van der Waals surface area contributed by atoms with Crippen molar-refractivity contribution < 1.29 is 0 Å². The van der Waals surface area contributed by atoms with Gasteiger partial charge in [0.15, 0.2) is 0 Å². The second-order valence-electron chi connectivity index (χ2n) is 3.51. The summed E-state index contributed by atoms with van der Waals surface area (Å²) in [5.41, 5.74) is 0.587. The Bertz CT molecular complexity index is 101. The SMILES string of the molecule is CC.CCCC1(CC)CN(N)C1. The smallest absolute Gasteiger partial charge is 0.0198 e. The van der Waals surface area contributed by atoms with Gasteiger partial charge in [-0.2, -0.15) is 0 Å². The maximum atomic E-state index is 5.59. The average Bonchev–Trinajstić information content (AvgIpc) is 2.05. The molecule has 2 N–H and O–H groups in total. The first kappa shape index (κ1) is 11.9. The van der Waals surface area contributed by atoms with Crippen LogP contribution in [0, 0.1) is 5.41 Å². The number of nitrogens with two attached hydrogens (primary N) is 1. The van der Waals surface area contributed by atoms with E-state index in [9.17, 15) is 0 Å². The molecule has 1 aliphatic heterocycles. The second-order valence-corrected chi connectivity index (χ2v) is 3.51. The van der Waals surface area contributed by atoms with Crippen molar-refractivity contribution in [2.75, 3.05) is 13.1 Å². The third kappa shape index (κ3) is 2.76. The lowest BCUT2D eigenvalue weighted by Gasteiger charge is -2.47. The van der Waals surface area contributed by atoms with E-state index in [1.165, 1.54) is 19.3 Å². The van der Waals surface area contributed by atoms with Gasteiger partial charge in [0.1, 0.15) is 0 Å². The van der Waals surface area contributed by atoms with Crippen molar-refractivity contribution in [3.8, 4) is 0 Å². The summed E-state index contributed by atoms with van der Waals surface area (Å²) in [5, 5.41) is 1.92. The topological polar surface area (TPSA) is 29.3 Å². The summed E-state index contributed by atoms with van der Waals surface area (Å²) in [6.45, 7) is 10.7. The first-order valence-corrected chi connectivity index (χ1v) is 5.22. The Morgan fingerprint density at radius 3 is 2.00 bits per heavy atom. The maximum absolute atomic E-state index is 5.59. The van der Waals surface area contributed by atoms with Crippen LogP contribution in [0.3, 0.4) is 0 Å². The molecule has 1 saturated heterocycles. The van der Waals surface area contributed by atoms with E-state index in [1.807, 2.05) is 18.9 Å². The van der Waals surface area contributed by atoms with Crippen molar-refractivity contribution in [2.45, 2.75) is 47.0 Å². The van der Waals surface area contributed by atoms with Crippen LogP contribution in [0.15, 0.2) is 0 Å². The molecule has 74 valence electrons. The molecule has 1 aliphatic rings. The Kier molecular flexibility index (Phi) is 5.51. The number of rotatable bonds is 3. The number of hydrogen-bond acceptors (Lipinski definition) is 2. The van der Waals surface area contributed by atoms with Crippen LogP contribution in [-0.2, 0) is 0 Å². The minimum Gasteiger partial charge on any atom is -0.269 e. The third-order valence-corrected chi connectivity index (χ3v) is 2.61. The first-order valence-electron chi connectivity index (χ1n) is 5.22. The predicted molar refractivity (Wildman–Crippen MR) is 54.7 cm³/mol. The largest absolute Gasteiger partial charge is 0.269 e. The Morgan fingerprint density at radius 1 is 1.25 bits per heavy atom. The molecule has 0 aromatic heterocycles. The van der Waals surface area contributed by atoms with E-state index in [1.54, 1.807) is 0 Å². The summed E-state index contributed by atoms with van der Waals surface area (Å²) in [7, 11) is 0. The van der Waals surface area contributed by atoms with Gasteiger partial charge in [-0.25, -0.2) is 5.01 Å². The van der Waals surface area contributed by atoms with Crippen molar-refractivity contribution in [2.24, 2.45) is 11.3 Å². The molecule has 1 fully saturated rings. The molecule has 0 radical (unpaired) electrons. The van der Waals surface area contributed by atoms with E-state index in [-0.39, 0.29) is 0 Å². The first-order chi connectivity index (χ1) is 5.72. The molecule has 12 heavy (non-hydrogen) atoms. The normalized spacial score (nSPS) is 20.8. The van der Waals surface area contributed by atoms with Gasteiger partial charge in [-0.15, -0.1) is 0 Å². The van der Waals surface area contributed by atoms with Crippen LogP contribution in [0.5, 0.6) is 0 Å². The molecular weight excluding hydrogens is 148 g/mol. The van der Waals surface area contributed by atoms with E-state index >= 15 is 0 Å². The molecule has 0 saturated carbocycles. The zero-order valence-corrected chi connectivity index (χ0v) is 9.06. The molecule has 1 heterocycles. The summed E-state index contributed by atoms with van der Waals surface area (Å²) in [6, 6.07) is 0. The molecule has 2 heteroatoms. The fraction of sp³-hybridized carbons (Fsp3) is 1.00. The molecule has 0 unspecified atom stereocenters. The Hall–Kier alpha value is -0.0800. The third-order valence-electron chi connectivity index (χ3n) is 2.61. The average molecular weight is 172 g/mol. The van der Waals surface area contributed by atoms with Crippen molar-refractivity contribution >= 4 is 0 Å². The summed E-state index contributed by atoms with van der Waals surface area (Å²) in [6.07, 6.45) is 3.92. The fourth-order valence-electron chi connectivity index (χ4n) is 1.90. The van der Waals surface area contributed by atoms with Crippen molar-refractivity contribution in [1.29, 1.82) is 0 Å². The Morgan fingerprint density at radius 2 is 1.75 bits per heavy atom. The van der Waals surface area contributed by atoms with Gasteiger partial charge >= 0.3 is 0 Å². The fourth-order valence-corrected chi connectivity index (χ4v) is 1.90. The van der Waals surface area contributed by atoms with Crippen LogP contribution < -0.4 is 5.84 Å². The molecule has 0 aliphatic carbocycles. The standard InChI is InChI=1S/C8H18N2.C2H6/c1-3-5-8(4-2)6-10(9)7-8;1-2/h3-7,9H2,1-2H3;1-2H3. The van der Waals surface area contributed by atoms with E-state index in [4.69, 9.17) is 5.84 Å². The lowest BCUT2D eigenvalue weighted by Crippen LogP contribution is -2.58. The van der Waals surface area contributed by atoms with Crippen molar-refractivity contribution in [1.82, 2.24) is 5.01 Å². The van der Waals surface area contributed by atoms with Gasteiger partial charge < -0.3 is 0 Å². The summed E-state index contributed by atoms with van der Waals surface area (Å²) >= 11 is 0. The quantitative estimate of drug-likeness (QED) is 0.662. The van der Waals surface area contributed by atoms with E-state index in [0.29, 0.717) is 5.41 Å². The molecule has 0 aromatic carbocycles. The van der Waals surface area contributed by atoms with Crippen LogP contribution in [0.2, 0.25) is 0 Å². The summed E-state index contributed by atoms with van der Waals surface area (Å²) in [5.74, 6) is 5.59. The van der Waals surface area contributed by atoms with Gasteiger partial charge in [0, 0.05) is 13.1 Å². The minimum absolute atomic E-state index is 0.587. The van der Waals surface area contributed by atoms with Gasteiger partial charge in [-0.05, 0) is 18.3 Å². The number of nitrogens with zero attached hydrogens (tertiary/aromatic N) is 1. The second kappa shape index (κ2) is 5.55. The summed E-state index contributed by atoms with van der Waals surface area (Å²) < 4.78 is 0. The van der Waals surface area contributed by atoms with Gasteiger partial charge in [0.25, 0.3) is 0 Å². The molecule has 0 spiro atoms. The zero-order valence-electron chi connectivity index (χ0n) is 9.06. The van der Waals surface area contributed by atoms with Crippen molar-refractivity contribution in [3.63, 3.8) is 0 Å². The van der Waals surface area contributed by atoms with Crippen molar-refractivity contribution in [3.05, 3.63) is 0 Å². The van der Waals surface area contributed by atoms with Crippen LogP contribution >= 0.6 is 0 Å². The predicted octanol–water partition coefficient (Wildman–Crippen LogP) is 2.40.